The molecule has 4 nitrogen and oxygen atoms in total. The minimum atomic E-state index is -0.905. The molecule has 1 aromatic rings. The van der Waals surface area contributed by atoms with E-state index < -0.39 is 12.0 Å². The van der Waals surface area contributed by atoms with Gasteiger partial charge in [-0.15, -0.1) is 0 Å². The number of anilines is 1. The lowest BCUT2D eigenvalue weighted by Crippen LogP contribution is -2.33. The number of benzene rings is 1. The van der Waals surface area contributed by atoms with Crippen molar-refractivity contribution in [2.24, 2.45) is 11.7 Å². The van der Waals surface area contributed by atoms with Crippen LogP contribution in [0.2, 0.25) is 0 Å². The van der Waals surface area contributed by atoms with Gasteiger partial charge in [-0.3, -0.25) is 4.79 Å². The fourth-order valence-corrected chi connectivity index (χ4v) is 2.64. The van der Waals surface area contributed by atoms with E-state index in [0.717, 1.165) is 24.0 Å². The van der Waals surface area contributed by atoms with Gasteiger partial charge < -0.3 is 15.7 Å². The standard InChI is InChI=1S/C13H17BrN2O2/c14-10-1-3-11(4-2-10)16-6-5-9(8-16)7-12(15)13(17)18/h1-4,9,12H,5-8,15H2,(H,17,18). The van der Waals surface area contributed by atoms with E-state index in [1.165, 1.54) is 5.69 Å². The summed E-state index contributed by atoms with van der Waals surface area (Å²) in [5.74, 6) is -0.531. The Kier molecular flexibility index (Phi) is 4.24. The van der Waals surface area contributed by atoms with Crippen molar-refractivity contribution in [3.05, 3.63) is 28.7 Å². The SMILES string of the molecule is NC(CC1CCN(c2ccc(Br)cc2)C1)C(=O)O. The fraction of sp³-hybridized carbons (Fsp3) is 0.462. The monoisotopic (exact) mass is 312 g/mol. The van der Waals surface area contributed by atoms with E-state index in [9.17, 15) is 4.79 Å². The molecule has 2 unspecified atom stereocenters. The average Bonchev–Trinajstić information content (AvgIpc) is 2.78. The largest absolute Gasteiger partial charge is 0.480 e. The number of carboxylic acid groups (broad SMARTS) is 1. The summed E-state index contributed by atoms with van der Waals surface area (Å²) in [4.78, 5) is 13.0. The number of aliphatic carboxylic acids is 1. The number of halogens is 1. The van der Waals surface area contributed by atoms with Crippen molar-refractivity contribution in [3.63, 3.8) is 0 Å². The molecule has 0 saturated carbocycles. The molecule has 0 amide bonds. The van der Waals surface area contributed by atoms with E-state index in [-0.39, 0.29) is 0 Å². The third kappa shape index (κ3) is 3.23. The third-order valence-electron chi connectivity index (χ3n) is 3.38. The number of carboxylic acids is 1. The van der Waals surface area contributed by atoms with Crippen molar-refractivity contribution in [2.75, 3.05) is 18.0 Å². The van der Waals surface area contributed by atoms with Crippen LogP contribution in [0.3, 0.4) is 0 Å². The highest BCUT2D eigenvalue weighted by Crippen LogP contribution is 2.27. The molecule has 1 fully saturated rings. The fourth-order valence-electron chi connectivity index (χ4n) is 2.37. The van der Waals surface area contributed by atoms with Gasteiger partial charge in [0, 0.05) is 23.2 Å². The third-order valence-corrected chi connectivity index (χ3v) is 3.91. The number of nitrogens with two attached hydrogens (primary N) is 1. The molecule has 18 heavy (non-hydrogen) atoms. The molecule has 0 spiro atoms. The molecular formula is C13H17BrN2O2. The number of hydrogen-bond acceptors (Lipinski definition) is 3. The van der Waals surface area contributed by atoms with Crippen molar-refractivity contribution in [1.82, 2.24) is 0 Å². The molecule has 1 aromatic carbocycles. The summed E-state index contributed by atoms with van der Waals surface area (Å²) in [5.41, 5.74) is 6.76. The number of hydrogen-bond donors (Lipinski definition) is 2. The minimum absolute atomic E-state index is 0.375. The maximum absolute atomic E-state index is 10.7. The zero-order chi connectivity index (χ0) is 13.1. The highest BCUT2D eigenvalue weighted by molar-refractivity contribution is 9.10. The van der Waals surface area contributed by atoms with Crippen LogP contribution < -0.4 is 10.6 Å². The smallest absolute Gasteiger partial charge is 0.320 e. The first-order valence-corrected chi connectivity index (χ1v) is 6.84. The molecular weight excluding hydrogens is 296 g/mol. The predicted octanol–water partition coefficient (Wildman–Crippen LogP) is 2.08. The lowest BCUT2D eigenvalue weighted by Gasteiger charge is -2.19. The van der Waals surface area contributed by atoms with Crippen LogP contribution >= 0.6 is 15.9 Å². The summed E-state index contributed by atoms with van der Waals surface area (Å²) in [6.07, 6.45) is 1.57. The Hall–Kier alpha value is -1.07. The maximum Gasteiger partial charge on any atom is 0.320 e. The maximum atomic E-state index is 10.7. The van der Waals surface area contributed by atoms with Gasteiger partial charge in [0.1, 0.15) is 6.04 Å². The first-order valence-electron chi connectivity index (χ1n) is 6.05. The topological polar surface area (TPSA) is 66.6 Å². The van der Waals surface area contributed by atoms with Gasteiger partial charge in [-0.25, -0.2) is 0 Å². The van der Waals surface area contributed by atoms with Crippen LogP contribution in [0.4, 0.5) is 5.69 Å². The van der Waals surface area contributed by atoms with Gasteiger partial charge in [0.15, 0.2) is 0 Å². The van der Waals surface area contributed by atoms with E-state index in [1.54, 1.807) is 0 Å². The van der Waals surface area contributed by atoms with Crippen molar-refractivity contribution in [2.45, 2.75) is 18.9 Å². The summed E-state index contributed by atoms with van der Waals surface area (Å²) >= 11 is 3.41. The molecule has 2 atom stereocenters. The normalized spacial score (nSPS) is 21.0. The number of rotatable bonds is 4. The van der Waals surface area contributed by atoms with E-state index in [2.05, 4.69) is 33.0 Å². The minimum Gasteiger partial charge on any atom is -0.480 e. The van der Waals surface area contributed by atoms with Gasteiger partial charge in [0.25, 0.3) is 0 Å². The van der Waals surface area contributed by atoms with Gasteiger partial charge in [-0.1, -0.05) is 15.9 Å². The van der Waals surface area contributed by atoms with Gasteiger partial charge in [0.05, 0.1) is 0 Å². The van der Waals surface area contributed by atoms with Crippen LogP contribution in [-0.4, -0.2) is 30.2 Å². The zero-order valence-electron chi connectivity index (χ0n) is 10.1. The number of nitrogens with zero attached hydrogens (tertiary/aromatic N) is 1. The Labute approximate surface area is 115 Å². The Morgan fingerprint density at radius 1 is 1.50 bits per heavy atom. The van der Waals surface area contributed by atoms with Crippen molar-refractivity contribution in [3.8, 4) is 0 Å². The van der Waals surface area contributed by atoms with Crippen LogP contribution in [0.25, 0.3) is 0 Å². The second kappa shape index (κ2) is 5.71. The Morgan fingerprint density at radius 3 is 2.78 bits per heavy atom. The molecule has 1 aliphatic rings. The Balaban J connectivity index is 1.92. The number of carbonyl (C=O) groups is 1. The molecule has 3 N–H and O–H groups in total. The molecule has 98 valence electrons. The first kappa shape index (κ1) is 13.4. The van der Waals surface area contributed by atoms with Crippen LogP contribution in [0.1, 0.15) is 12.8 Å². The zero-order valence-corrected chi connectivity index (χ0v) is 11.6. The molecule has 5 heteroatoms. The second-order valence-electron chi connectivity index (χ2n) is 4.76. The summed E-state index contributed by atoms with van der Waals surface area (Å²) in [6.45, 7) is 1.86. The average molecular weight is 313 g/mol. The Bertz CT molecular complexity index is 422. The summed E-state index contributed by atoms with van der Waals surface area (Å²) in [6, 6.07) is 7.45. The van der Waals surface area contributed by atoms with Crippen molar-refractivity contribution in [1.29, 1.82) is 0 Å². The summed E-state index contributed by atoms with van der Waals surface area (Å²) in [5, 5.41) is 8.81. The predicted molar refractivity (Wildman–Crippen MR) is 74.7 cm³/mol. The molecule has 0 aliphatic carbocycles. The van der Waals surface area contributed by atoms with E-state index >= 15 is 0 Å². The summed E-state index contributed by atoms with van der Waals surface area (Å²) in [7, 11) is 0. The molecule has 1 aliphatic heterocycles. The Morgan fingerprint density at radius 2 is 2.17 bits per heavy atom. The molecule has 0 bridgehead atoms. The first-order chi connectivity index (χ1) is 8.56. The molecule has 2 rings (SSSR count). The molecule has 0 aromatic heterocycles. The van der Waals surface area contributed by atoms with Crippen LogP contribution in [0, 0.1) is 5.92 Å². The van der Waals surface area contributed by atoms with Gasteiger partial charge >= 0.3 is 5.97 Å². The lowest BCUT2D eigenvalue weighted by atomic mass is 10.00. The lowest BCUT2D eigenvalue weighted by molar-refractivity contribution is -0.138. The van der Waals surface area contributed by atoms with Gasteiger partial charge in [-0.2, -0.15) is 0 Å². The molecule has 0 radical (unpaired) electrons. The highest BCUT2D eigenvalue weighted by atomic mass is 79.9. The van der Waals surface area contributed by atoms with Crippen LogP contribution in [-0.2, 0) is 4.79 Å². The molecule has 1 heterocycles. The second-order valence-corrected chi connectivity index (χ2v) is 5.67. The van der Waals surface area contributed by atoms with E-state index in [0.29, 0.717) is 12.3 Å². The van der Waals surface area contributed by atoms with Crippen molar-refractivity contribution >= 4 is 27.6 Å². The van der Waals surface area contributed by atoms with E-state index in [1.807, 2.05) is 12.1 Å². The summed E-state index contributed by atoms with van der Waals surface area (Å²) < 4.78 is 1.06. The van der Waals surface area contributed by atoms with Crippen molar-refractivity contribution < 1.29 is 9.90 Å². The quantitative estimate of drug-likeness (QED) is 0.893. The van der Waals surface area contributed by atoms with Gasteiger partial charge in [-0.05, 0) is 43.0 Å². The van der Waals surface area contributed by atoms with E-state index in [4.69, 9.17) is 10.8 Å². The van der Waals surface area contributed by atoms with Crippen LogP contribution in [0.15, 0.2) is 28.7 Å². The molecule has 1 saturated heterocycles. The van der Waals surface area contributed by atoms with Crippen LogP contribution in [0.5, 0.6) is 0 Å². The highest BCUT2D eigenvalue weighted by Gasteiger charge is 2.26. The van der Waals surface area contributed by atoms with Gasteiger partial charge in [0.2, 0.25) is 0 Å².